The van der Waals surface area contributed by atoms with E-state index in [9.17, 15) is 9.59 Å². The molecule has 4 heteroatoms. The molecule has 0 aromatic heterocycles. The zero-order valence-corrected chi connectivity index (χ0v) is 31.8. The number of Topliss-reactive ketones (excluding diaryl/α,β-unsaturated/α-hetero) is 2. The first kappa shape index (κ1) is 34.8. The molecule has 4 nitrogen and oxygen atoms in total. The van der Waals surface area contributed by atoms with Crippen LogP contribution in [0, 0.1) is 73.9 Å². The number of carbonyl (C=O) groups excluding carboxylic acids is 2. The van der Waals surface area contributed by atoms with Crippen LogP contribution in [0.25, 0.3) is 0 Å². The van der Waals surface area contributed by atoms with Crippen molar-refractivity contribution in [3.63, 3.8) is 0 Å². The second kappa shape index (κ2) is 11.0. The third-order valence-electron chi connectivity index (χ3n) is 17.2. The maximum absolute atomic E-state index is 13.6. The van der Waals surface area contributed by atoms with Crippen LogP contribution in [0.3, 0.4) is 0 Å². The largest absolute Gasteiger partial charge is 0.349 e. The smallest absolute Gasteiger partial charge is 0.161 e. The topological polar surface area (TPSA) is 52.6 Å². The van der Waals surface area contributed by atoms with Crippen molar-refractivity contribution in [1.82, 2.24) is 0 Å². The molecule has 5 fully saturated rings. The Morgan fingerprint density at radius 3 is 2.11 bits per heavy atom. The highest BCUT2D eigenvalue weighted by Crippen LogP contribution is 2.76. The van der Waals surface area contributed by atoms with Crippen molar-refractivity contribution in [1.29, 1.82) is 0 Å². The van der Waals surface area contributed by atoms with Gasteiger partial charge >= 0.3 is 0 Å². The molecule has 0 N–H and O–H groups in total. The van der Waals surface area contributed by atoms with Crippen LogP contribution in [0.1, 0.15) is 148 Å². The number of hydrogen-bond donors (Lipinski definition) is 0. The zero-order valence-electron chi connectivity index (χ0n) is 31.8. The molecule has 1 heterocycles. The summed E-state index contributed by atoms with van der Waals surface area (Å²) in [4.78, 5) is 26.2. The van der Waals surface area contributed by atoms with Gasteiger partial charge in [-0.1, -0.05) is 87.8 Å². The fourth-order valence-corrected chi connectivity index (χ4v) is 13.9. The molecule has 6 aliphatic rings. The van der Waals surface area contributed by atoms with Crippen LogP contribution in [0.2, 0.25) is 0 Å². The molecule has 260 valence electrons. The van der Waals surface area contributed by atoms with Crippen LogP contribution in [0.5, 0.6) is 0 Å². The summed E-state index contributed by atoms with van der Waals surface area (Å²) in [7, 11) is 0. The van der Waals surface area contributed by atoms with Crippen molar-refractivity contribution in [2.45, 2.75) is 166 Å². The SMILES string of the molecule is CC(=O)C1OC(O[C@H]2CCC3(C)C4CC=C5C6CC(C)(C)CC[C@]6(C(C)=O)C(C)C[C@@]5(C)[C@@]4(C)CC[C@H]3C2(C)C)C(C)[C@H](C)[C@@H]1C. The van der Waals surface area contributed by atoms with E-state index in [-0.39, 0.29) is 68.6 Å². The Labute approximate surface area is 282 Å². The maximum atomic E-state index is 13.6. The lowest BCUT2D eigenvalue weighted by Gasteiger charge is -2.72. The summed E-state index contributed by atoms with van der Waals surface area (Å²) < 4.78 is 13.5. The molecule has 4 saturated carbocycles. The number of ketones is 2. The van der Waals surface area contributed by atoms with Gasteiger partial charge in [-0.25, -0.2) is 0 Å². The number of hydrogen-bond acceptors (Lipinski definition) is 4. The number of ether oxygens (including phenoxy) is 2. The average molecular weight is 637 g/mol. The first-order chi connectivity index (χ1) is 21.2. The van der Waals surface area contributed by atoms with Crippen LogP contribution >= 0.6 is 0 Å². The molecule has 6 rings (SSSR count). The zero-order chi connectivity index (χ0) is 34.0. The molecule has 0 aromatic rings. The molecule has 46 heavy (non-hydrogen) atoms. The third-order valence-corrected chi connectivity index (χ3v) is 17.2. The van der Waals surface area contributed by atoms with Gasteiger partial charge in [0.05, 0.1) is 6.10 Å². The van der Waals surface area contributed by atoms with E-state index in [1.807, 2.05) is 6.92 Å². The Balaban J connectivity index is 1.31. The minimum absolute atomic E-state index is 0.0113. The molecule has 1 saturated heterocycles. The van der Waals surface area contributed by atoms with Crippen LogP contribution in [-0.4, -0.2) is 30.1 Å². The number of rotatable bonds is 4. The summed E-state index contributed by atoms with van der Waals surface area (Å²) in [6.07, 6.45) is 12.5. The minimum atomic E-state index is -0.373. The lowest BCUT2D eigenvalue weighted by Crippen LogP contribution is -2.66. The predicted molar refractivity (Wildman–Crippen MR) is 186 cm³/mol. The summed E-state index contributed by atoms with van der Waals surface area (Å²) in [6.45, 7) is 30.5. The Morgan fingerprint density at radius 1 is 0.804 bits per heavy atom. The Bertz CT molecular complexity index is 1280. The van der Waals surface area contributed by atoms with Crippen molar-refractivity contribution >= 4 is 11.6 Å². The molecule has 0 radical (unpaired) electrons. The monoisotopic (exact) mass is 637 g/mol. The van der Waals surface area contributed by atoms with Crippen LogP contribution in [0.15, 0.2) is 11.6 Å². The molecule has 5 aliphatic carbocycles. The van der Waals surface area contributed by atoms with Gasteiger partial charge in [-0.3, -0.25) is 9.59 Å². The number of allylic oxidation sites excluding steroid dienone is 2. The van der Waals surface area contributed by atoms with E-state index in [4.69, 9.17) is 9.47 Å². The minimum Gasteiger partial charge on any atom is -0.349 e. The van der Waals surface area contributed by atoms with Gasteiger partial charge in [0.25, 0.3) is 0 Å². The quantitative estimate of drug-likeness (QED) is 0.228. The second-order valence-corrected chi connectivity index (χ2v) is 20.0. The van der Waals surface area contributed by atoms with Gasteiger partial charge in [0.15, 0.2) is 12.1 Å². The van der Waals surface area contributed by atoms with E-state index in [2.05, 4.69) is 82.2 Å². The van der Waals surface area contributed by atoms with Gasteiger partial charge in [-0.15, -0.1) is 0 Å². The van der Waals surface area contributed by atoms with E-state index in [0.717, 1.165) is 38.5 Å². The van der Waals surface area contributed by atoms with Gasteiger partial charge in [-0.05, 0) is 134 Å². The van der Waals surface area contributed by atoms with Crippen molar-refractivity contribution in [2.75, 3.05) is 0 Å². The Kier molecular flexibility index (Phi) is 8.33. The summed E-state index contributed by atoms with van der Waals surface area (Å²) in [6, 6.07) is 0. The highest BCUT2D eigenvalue weighted by Gasteiger charge is 2.70. The molecular weight excluding hydrogens is 568 g/mol. The summed E-state index contributed by atoms with van der Waals surface area (Å²) in [5, 5.41) is 0. The van der Waals surface area contributed by atoms with E-state index >= 15 is 0 Å². The van der Waals surface area contributed by atoms with E-state index in [0.29, 0.717) is 35.4 Å². The summed E-state index contributed by atoms with van der Waals surface area (Å²) in [5.41, 5.74) is 2.34. The second-order valence-electron chi connectivity index (χ2n) is 20.0. The highest BCUT2D eigenvalue weighted by molar-refractivity contribution is 5.84. The predicted octanol–water partition coefficient (Wildman–Crippen LogP) is 10.2. The van der Waals surface area contributed by atoms with Gasteiger partial charge < -0.3 is 9.47 Å². The Morgan fingerprint density at radius 2 is 1.48 bits per heavy atom. The summed E-state index contributed by atoms with van der Waals surface area (Å²) >= 11 is 0. The number of fused-ring (bicyclic) bond motifs is 7. The van der Waals surface area contributed by atoms with Crippen LogP contribution < -0.4 is 0 Å². The first-order valence-electron chi connectivity index (χ1n) is 19.2. The lowest BCUT2D eigenvalue weighted by atomic mass is 9.32. The van der Waals surface area contributed by atoms with Crippen LogP contribution in [-0.2, 0) is 19.1 Å². The Hall–Kier alpha value is -1.00. The van der Waals surface area contributed by atoms with Gasteiger partial charge in [0, 0.05) is 11.3 Å². The van der Waals surface area contributed by atoms with Crippen molar-refractivity contribution in [3.05, 3.63) is 11.6 Å². The molecule has 0 bridgehead atoms. The number of carbonyl (C=O) groups is 2. The average Bonchev–Trinajstić information content (AvgIpc) is 2.94. The molecule has 1 aliphatic heterocycles. The van der Waals surface area contributed by atoms with Crippen molar-refractivity contribution in [2.24, 2.45) is 73.9 Å². The lowest BCUT2D eigenvalue weighted by molar-refractivity contribution is -0.293. The van der Waals surface area contributed by atoms with Gasteiger partial charge in [0.1, 0.15) is 11.9 Å². The van der Waals surface area contributed by atoms with Gasteiger partial charge in [-0.2, -0.15) is 0 Å². The molecule has 0 spiro atoms. The summed E-state index contributed by atoms with van der Waals surface area (Å²) in [5.74, 6) is 3.39. The fourth-order valence-electron chi connectivity index (χ4n) is 13.9. The van der Waals surface area contributed by atoms with E-state index in [1.54, 1.807) is 12.5 Å². The highest BCUT2D eigenvalue weighted by atomic mass is 16.7. The van der Waals surface area contributed by atoms with Crippen molar-refractivity contribution in [3.8, 4) is 0 Å². The maximum Gasteiger partial charge on any atom is 0.161 e. The van der Waals surface area contributed by atoms with Crippen LogP contribution in [0.4, 0.5) is 0 Å². The molecule has 14 atom stereocenters. The molecule has 0 aromatic carbocycles. The normalized spacial score (nSPS) is 52.7. The first-order valence-corrected chi connectivity index (χ1v) is 19.2. The molecule has 7 unspecified atom stereocenters. The van der Waals surface area contributed by atoms with Gasteiger partial charge in [0.2, 0.25) is 0 Å². The standard InChI is InChI=1S/C42H68O4/c1-24-22-41(13)30(31-23-37(7,8)20-21-42(24,31)29(6)44)14-15-33-39(11)18-17-34(38(9,10)32(39)16-19-40(33,41)12)45-36-27(4)25(2)26(3)35(46-36)28(5)43/h14,24-27,31-36H,15-23H2,1-13H3/t24?,25-,26+,27?,31?,32+,33?,34+,35?,36?,39?,40+,41-,42-/m1/s1. The fraction of sp³-hybridized carbons (Fsp3) is 0.905. The third kappa shape index (κ3) is 4.63. The van der Waals surface area contributed by atoms with E-state index < -0.39 is 0 Å². The van der Waals surface area contributed by atoms with E-state index in [1.165, 1.54) is 19.3 Å². The molecular formula is C42H68O4. The van der Waals surface area contributed by atoms with Crippen molar-refractivity contribution < 1.29 is 19.1 Å². The molecule has 0 amide bonds.